The summed E-state index contributed by atoms with van der Waals surface area (Å²) in [5.74, 6) is 2.27. The topological polar surface area (TPSA) is 32.6 Å². The zero-order valence-corrected chi connectivity index (χ0v) is 10.1. The molecule has 0 aliphatic heterocycles. The molecular weight excluding hydrogens is 200 g/mol. The standard InChI is InChI=1S/C12H18N4/c1-13-8-7-11-14-9-10-5-4-6-12(15(2)3)16(10)11/h4-6,9,13H,7-8H2,1-3H3. The number of anilines is 1. The molecule has 16 heavy (non-hydrogen) atoms. The van der Waals surface area contributed by atoms with Crippen LogP contribution in [-0.4, -0.2) is 37.1 Å². The highest BCUT2D eigenvalue weighted by Crippen LogP contribution is 2.17. The molecule has 0 saturated carbocycles. The zero-order valence-electron chi connectivity index (χ0n) is 10.1. The predicted molar refractivity (Wildman–Crippen MR) is 67.1 cm³/mol. The van der Waals surface area contributed by atoms with Gasteiger partial charge >= 0.3 is 0 Å². The van der Waals surface area contributed by atoms with E-state index >= 15 is 0 Å². The van der Waals surface area contributed by atoms with Crippen molar-refractivity contribution >= 4 is 11.3 Å². The van der Waals surface area contributed by atoms with E-state index in [1.54, 1.807) is 0 Å². The molecular formula is C12H18N4. The average Bonchev–Trinajstić information content (AvgIpc) is 2.69. The zero-order chi connectivity index (χ0) is 11.5. The summed E-state index contributed by atoms with van der Waals surface area (Å²) in [6.45, 7) is 0.945. The quantitative estimate of drug-likeness (QED) is 0.836. The second-order valence-electron chi connectivity index (χ2n) is 4.07. The number of rotatable bonds is 4. The van der Waals surface area contributed by atoms with Crippen LogP contribution in [0.5, 0.6) is 0 Å². The number of fused-ring (bicyclic) bond motifs is 1. The van der Waals surface area contributed by atoms with Crippen LogP contribution in [0.25, 0.3) is 5.52 Å². The number of hydrogen-bond acceptors (Lipinski definition) is 3. The van der Waals surface area contributed by atoms with E-state index in [-0.39, 0.29) is 0 Å². The number of aromatic nitrogens is 2. The third kappa shape index (κ3) is 1.88. The van der Waals surface area contributed by atoms with E-state index in [4.69, 9.17) is 0 Å². The fourth-order valence-electron chi connectivity index (χ4n) is 1.86. The van der Waals surface area contributed by atoms with Crippen molar-refractivity contribution in [2.75, 3.05) is 32.6 Å². The molecule has 0 bridgehead atoms. The molecule has 0 aliphatic carbocycles. The summed E-state index contributed by atoms with van der Waals surface area (Å²) in [6.07, 6.45) is 2.87. The normalized spacial score (nSPS) is 10.9. The molecule has 0 unspecified atom stereocenters. The summed E-state index contributed by atoms with van der Waals surface area (Å²) in [4.78, 5) is 6.58. The maximum atomic E-state index is 4.47. The van der Waals surface area contributed by atoms with Crippen molar-refractivity contribution in [2.24, 2.45) is 0 Å². The highest BCUT2D eigenvalue weighted by Gasteiger charge is 2.07. The minimum atomic E-state index is 0.940. The monoisotopic (exact) mass is 218 g/mol. The molecule has 0 saturated heterocycles. The minimum Gasteiger partial charge on any atom is -0.364 e. The maximum Gasteiger partial charge on any atom is 0.116 e. The van der Waals surface area contributed by atoms with Crippen molar-refractivity contribution in [1.82, 2.24) is 14.7 Å². The van der Waals surface area contributed by atoms with Crippen LogP contribution in [0.3, 0.4) is 0 Å². The van der Waals surface area contributed by atoms with Crippen molar-refractivity contribution in [2.45, 2.75) is 6.42 Å². The lowest BCUT2D eigenvalue weighted by atomic mass is 10.3. The molecule has 2 aromatic heterocycles. The third-order valence-corrected chi connectivity index (χ3v) is 2.66. The Kier molecular flexibility index (Phi) is 3.10. The lowest BCUT2D eigenvalue weighted by Crippen LogP contribution is -2.16. The SMILES string of the molecule is CNCCc1ncc2cccc(N(C)C)n12. The fraction of sp³-hybridized carbons (Fsp3) is 0.417. The Balaban J connectivity index is 2.50. The molecule has 4 heteroatoms. The van der Waals surface area contributed by atoms with Crippen molar-refractivity contribution < 1.29 is 0 Å². The van der Waals surface area contributed by atoms with Crippen LogP contribution in [0, 0.1) is 0 Å². The molecule has 2 heterocycles. The van der Waals surface area contributed by atoms with Gasteiger partial charge in [0.2, 0.25) is 0 Å². The summed E-state index contributed by atoms with van der Waals surface area (Å²) >= 11 is 0. The van der Waals surface area contributed by atoms with E-state index in [9.17, 15) is 0 Å². The highest BCUT2D eigenvalue weighted by atomic mass is 15.2. The van der Waals surface area contributed by atoms with Gasteiger partial charge in [-0.3, -0.25) is 4.40 Å². The first kappa shape index (κ1) is 11.0. The number of pyridine rings is 1. The Hall–Kier alpha value is -1.55. The Morgan fingerprint density at radius 1 is 1.38 bits per heavy atom. The lowest BCUT2D eigenvalue weighted by Gasteiger charge is -2.16. The van der Waals surface area contributed by atoms with Crippen molar-refractivity contribution in [3.05, 3.63) is 30.2 Å². The van der Waals surface area contributed by atoms with Gasteiger partial charge in [-0.1, -0.05) is 6.07 Å². The molecule has 2 rings (SSSR count). The Labute approximate surface area is 95.9 Å². The molecule has 0 atom stereocenters. The van der Waals surface area contributed by atoms with Gasteiger partial charge in [0, 0.05) is 27.1 Å². The molecule has 4 nitrogen and oxygen atoms in total. The predicted octanol–water partition coefficient (Wildman–Crippen LogP) is 1.16. The first-order valence-electron chi connectivity index (χ1n) is 5.51. The highest BCUT2D eigenvalue weighted by molar-refractivity contribution is 5.55. The summed E-state index contributed by atoms with van der Waals surface area (Å²) in [5.41, 5.74) is 1.15. The van der Waals surface area contributed by atoms with Crippen LogP contribution >= 0.6 is 0 Å². The smallest absolute Gasteiger partial charge is 0.116 e. The molecule has 0 spiro atoms. The Morgan fingerprint density at radius 2 is 2.19 bits per heavy atom. The molecule has 2 aromatic rings. The lowest BCUT2D eigenvalue weighted by molar-refractivity contribution is 0.751. The summed E-state index contributed by atoms with van der Waals surface area (Å²) in [6, 6.07) is 6.26. The molecule has 1 N–H and O–H groups in total. The fourth-order valence-corrected chi connectivity index (χ4v) is 1.86. The molecule has 0 radical (unpaired) electrons. The first-order valence-corrected chi connectivity index (χ1v) is 5.51. The number of imidazole rings is 1. The van der Waals surface area contributed by atoms with Crippen LogP contribution in [0.2, 0.25) is 0 Å². The first-order chi connectivity index (χ1) is 7.74. The van der Waals surface area contributed by atoms with Crippen molar-refractivity contribution in [3.8, 4) is 0 Å². The van der Waals surface area contributed by atoms with Gasteiger partial charge in [-0.15, -0.1) is 0 Å². The molecule has 0 fully saturated rings. The summed E-state index contributed by atoms with van der Waals surface area (Å²) < 4.78 is 2.21. The summed E-state index contributed by atoms with van der Waals surface area (Å²) in [7, 11) is 6.07. The average molecular weight is 218 g/mol. The molecule has 0 aliphatic rings. The van der Waals surface area contributed by atoms with Crippen LogP contribution in [-0.2, 0) is 6.42 Å². The van der Waals surface area contributed by atoms with E-state index in [0.29, 0.717) is 0 Å². The molecule has 86 valence electrons. The van der Waals surface area contributed by atoms with E-state index in [1.165, 1.54) is 5.82 Å². The van der Waals surface area contributed by atoms with Crippen molar-refractivity contribution in [3.63, 3.8) is 0 Å². The van der Waals surface area contributed by atoms with Gasteiger partial charge in [0.15, 0.2) is 0 Å². The Bertz CT molecular complexity index is 473. The second-order valence-corrected chi connectivity index (χ2v) is 4.07. The minimum absolute atomic E-state index is 0.940. The van der Waals surface area contributed by atoms with Gasteiger partial charge in [-0.25, -0.2) is 4.98 Å². The number of hydrogen-bond donors (Lipinski definition) is 1. The molecule has 0 amide bonds. The van der Waals surface area contributed by atoms with E-state index < -0.39 is 0 Å². The summed E-state index contributed by atoms with van der Waals surface area (Å²) in [5, 5.41) is 3.15. The number of nitrogens with zero attached hydrogens (tertiary/aromatic N) is 3. The van der Waals surface area contributed by atoms with E-state index in [1.807, 2.05) is 13.2 Å². The maximum absolute atomic E-state index is 4.47. The Morgan fingerprint density at radius 3 is 2.88 bits per heavy atom. The van der Waals surface area contributed by atoms with Gasteiger partial charge in [0.1, 0.15) is 11.6 Å². The van der Waals surface area contributed by atoms with Gasteiger partial charge < -0.3 is 10.2 Å². The van der Waals surface area contributed by atoms with Gasteiger partial charge in [-0.2, -0.15) is 0 Å². The number of likely N-dealkylation sites (N-methyl/N-ethyl adjacent to an activating group) is 1. The van der Waals surface area contributed by atoms with Crippen LogP contribution in [0.1, 0.15) is 5.82 Å². The van der Waals surface area contributed by atoms with Crippen molar-refractivity contribution in [1.29, 1.82) is 0 Å². The molecule has 0 aromatic carbocycles. The number of nitrogens with one attached hydrogen (secondary N) is 1. The van der Waals surface area contributed by atoms with Crippen LogP contribution in [0.15, 0.2) is 24.4 Å². The van der Waals surface area contributed by atoms with Gasteiger partial charge in [0.25, 0.3) is 0 Å². The van der Waals surface area contributed by atoms with Gasteiger partial charge in [0.05, 0.1) is 11.7 Å². The van der Waals surface area contributed by atoms with Crippen LogP contribution in [0.4, 0.5) is 5.82 Å². The largest absolute Gasteiger partial charge is 0.364 e. The third-order valence-electron chi connectivity index (χ3n) is 2.66. The van der Waals surface area contributed by atoms with Gasteiger partial charge in [-0.05, 0) is 19.2 Å². The van der Waals surface area contributed by atoms with Crippen LogP contribution < -0.4 is 10.2 Å². The van der Waals surface area contributed by atoms with E-state index in [2.05, 4.69) is 51.9 Å². The van der Waals surface area contributed by atoms with E-state index in [0.717, 1.165) is 24.3 Å². The second kappa shape index (κ2) is 4.53.